The van der Waals surface area contributed by atoms with Gasteiger partial charge in [0.1, 0.15) is 18.5 Å². The summed E-state index contributed by atoms with van der Waals surface area (Å²) in [4.78, 5) is 23.7. The molecule has 7 heteroatoms. The van der Waals surface area contributed by atoms with Crippen molar-refractivity contribution in [1.29, 1.82) is 0 Å². The third-order valence-electron chi connectivity index (χ3n) is 4.35. The number of rotatable bonds is 6. The van der Waals surface area contributed by atoms with Gasteiger partial charge in [0.05, 0.1) is 18.6 Å². The number of esters is 1. The smallest absolute Gasteiger partial charge is 0.308 e. The highest BCUT2D eigenvalue weighted by atomic mass is 35.5. The second-order valence-electron chi connectivity index (χ2n) is 6.44. The van der Waals surface area contributed by atoms with Gasteiger partial charge in [0, 0.05) is 10.7 Å². The first-order valence-electron chi connectivity index (χ1n) is 8.63. The topological polar surface area (TPSA) is 76.7 Å². The van der Waals surface area contributed by atoms with Crippen molar-refractivity contribution >= 4 is 29.2 Å². The number of anilines is 1. The molecule has 0 aliphatic carbocycles. The van der Waals surface area contributed by atoms with Gasteiger partial charge in [-0.2, -0.15) is 0 Å². The molecule has 2 atom stereocenters. The number of nitrogens with one attached hydrogen (secondary N) is 2. The lowest BCUT2D eigenvalue weighted by Gasteiger charge is -2.27. The van der Waals surface area contributed by atoms with E-state index in [-0.39, 0.29) is 30.6 Å². The Morgan fingerprint density at radius 1 is 1.19 bits per heavy atom. The Kier molecular flexibility index (Phi) is 5.86. The maximum atomic E-state index is 12.2. The van der Waals surface area contributed by atoms with Crippen LogP contribution in [-0.4, -0.2) is 31.8 Å². The maximum Gasteiger partial charge on any atom is 0.308 e. The minimum Gasteiger partial charge on any atom is -0.489 e. The van der Waals surface area contributed by atoms with Crippen molar-refractivity contribution in [3.8, 4) is 5.75 Å². The Morgan fingerprint density at radius 3 is 2.63 bits per heavy atom. The number of hydrogen-bond donors (Lipinski definition) is 2. The van der Waals surface area contributed by atoms with Gasteiger partial charge in [-0.3, -0.25) is 9.59 Å². The molecule has 1 aliphatic rings. The molecule has 0 spiro atoms. The Hall–Kier alpha value is -2.73. The molecule has 0 fully saturated rings. The van der Waals surface area contributed by atoms with E-state index < -0.39 is 0 Å². The zero-order valence-electron chi connectivity index (χ0n) is 15.1. The van der Waals surface area contributed by atoms with Gasteiger partial charge in [-0.1, -0.05) is 30.7 Å². The van der Waals surface area contributed by atoms with Gasteiger partial charge in [0.15, 0.2) is 0 Å². The van der Waals surface area contributed by atoms with Crippen LogP contribution in [0.3, 0.4) is 0 Å². The molecule has 3 rings (SSSR count). The number of benzene rings is 2. The van der Waals surface area contributed by atoms with Crippen LogP contribution in [0.25, 0.3) is 0 Å². The van der Waals surface area contributed by atoms with Crippen LogP contribution in [0.1, 0.15) is 22.8 Å². The number of hydrogen-bond acceptors (Lipinski definition) is 5. The Balaban J connectivity index is 1.55. The zero-order valence-corrected chi connectivity index (χ0v) is 15.9. The van der Waals surface area contributed by atoms with Crippen LogP contribution in [0, 0.1) is 5.92 Å². The van der Waals surface area contributed by atoms with Gasteiger partial charge in [-0.05, 0) is 42.3 Å². The van der Waals surface area contributed by atoms with Crippen LogP contribution in [0.4, 0.5) is 5.69 Å². The van der Waals surface area contributed by atoms with E-state index in [1.165, 1.54) is 7.11 Å². The van der Waals surface area contributed by atoms with E-state index in [1.807, 2.05) is 31.2 Å². The first kappa shape index (κ1) is 19.0. The zero-order chi connectivity index (χ0) is 19.4. The highest BCUT2D eigenvalue weighted by molar-refractivity contribution is 6.31. The predicted molar refractivity (Wildman–Crippen MR) is 103 cm³/mol. The van der Waals surface area contributed by atoms with Crippen molar-refractivity contribution < 1.29 is 19.1 Å². The number of carbonyl (C=O) groups is 2. The van der Waals surface area contributed by atoms with Crippen LogP contribution in [0.2, 0.25) is 5.02 Å². The van der Waals surface area contributed by atoms with E-state index in [0.717, 1.165) is 11.3 Å². The molecular formula is C20H21ClN2O4. The third-order valence-corrected chi connectivity index (χ3v) is 4.58. The van der Waals surface area contributed by atoms with Crippen LogP contribution >= 0.6 is 11.6 Å². The number of ether oxygens (including phenoxy) is 2. The van der Waals surface area contributed by atoms with Gasteiger partial charge in [-0.25, -0.2) is 0 Å². The molecule has 2 unspecified atom stereocenters. The summed E-state index contributed by atoms with van der Waals surface area (Å²) in [5.41, 5.74) is 2.27. The summed E-state index contributed by atoms with van der Waals surface area (Å²) in [6, 6.07) is 12.7. The third kappa shape index (κ3) is 4.71. The van der Waals surface area contributed by atoms with Crippen molar-refractivity contribution in [2.75, 3.05) is 19.0 Å². The summed E-state index contributed by atoms with van der Waals surface area (Å²) in [5.74, 6) is 0.0717. The van der Waals surface area contributed by atoms with Crippen LogP contribution in [-0.2, 0) is 16.0 Å². The van der Waals surface area contributed by atoms with Crippen molar-refractivity contribution in [3.05, 3.63) is 58.6 Å². The molecule has 0 bridgehead atoms. The van der Waals surface area contributed by atoms with Gasteiger partial charge < -0.3 is 20.1 Å². The molecule has 1 heterocycles. The number of methoxy groups -OCH3 is 1. The van der Waals surface area contributed by atoms with Gasteiger partial charge in [0.25, 0.3) is 5.91 Å². The van der Waals surface area contributed by atoms with E-state index in [0.29, 0.717) is 22.8 Å². The van der Waals surface area contributed by atoms with Crippen molar-refractivity contribution in [2.45, 2.75) is 19.5 Å². The lowest BCUT2D eigenvalue weighted by Crippen LogP contribution is -2.48. The number of fused-ring (bicyclic) bond motifs is 1. The fourth-order valence-electron chi connectivity index (χ4n) is 2.91. The second kappa shape index (κ2) is 8.31. The van der Waals surface area contributed by atoms with Gasteiger partial charge in [-0.15, -0.1) is 0 Å². The molecule has 1 aliphatic heterocycles. The van der Waals surface area contributed by atoms with Crippen LogP contribution < -0.4 is 15.4 Å². The lowest BCUT2D eigenvalue weighted by molar-refractivity contribution is -0.144. The maximum absolute atomic E-state index is 12.2. The molecule has 142 valence electrons. The molecule has 2 aromatic rings. The number of carbonyl (C=O) groups excluding carboxylic acids is 2. The van der Waals surface area contributed by atoms with E-state index in [1.54, 1.807) is 18.2 Å². The minimum absolute atomic E-state index is 0.188. The molecule has 1 amide bonds. The normalized spacial score (nSPS) is 16.6. The average Bonchev–Trinajstić information content (AvgIpc) is 2.67. The number of amides is 1. The Bertz CT molecular complexity index is 838. The molecular weight excluding hydrogens is 368 g/mol. The van der Waals surface area contributed by atoms with E-state index in [2.05, 4.69) is 10.6 Å². The summed E-state index contributed by atoms with van der Waals surface area (Å²) in [7, 11) is 1.39. The first-order valence-corrected chi connectivity index (χ1v) is 9.00. The average molecular weight is 389 g/mol. The molecule has 0 radical (unpaired) electrons. The molecule has 0 saturated heterocycles. The largest absolute Gasteiger partial charge is 0.489 e. The summed E-state index contributed by atoms with van der Waals surface area (Å²) >= 11 is 5.93. The van der Waals surface area contributed by atoms with Crippen LogP contribution in [0.5, 0.6) is 5.75 Å². The SMILES string of the molecule is COC(=O)C(C)Cc1ccc(OCC2NC(=O)c3cc(Cl)ccc3N2)cc1. The predicted octanol–water partition coefficient (Wildman–Crippen LogP) is 3.25. The van der Waals surface area contributed by atoms with Crippen molar-refractivity contribution in [3.63, 3.8) is 0 Å². The quantitative estimate of drug-likeness (QED) is 0.743. The van der Waals surface area contributed by atoms with E-state index in [9.17, 15) is 9.59 Å². The molecule has 6 nitrogen and oxygen atoms in total. The molecule has 2 aromatic carbocycles. The van der Waals surface area contributed by atoms with Crippen molar-refractivity contribution in [2.24, 2.45) is 5.92 Å². The summed E-state index contributed by atoms with van der Waals surface area (Å²) in [6.07, 6.45) is 0.261. The molecule has 2 N–H and O–H groups in total. The Morgan fingerprint density at radius 2 is 1.93 bits per heavy atom. The number of halogens is 1. The van der Waals surface area contributed by atoms with E-state index >= 15 is 0 Å². The monoisotopic (exact) mass is 388 g/mol. The van der Waals surface area contributed by atoms with Crippen LogP contribution in [0.15, 0.2) is 42.5 Å². The lowest BCUT2D eigenvalue weighted by atomic mass is 10.0. The standard InChI is InChI=1S/C20H21ClN2O4/c1-12(20(25)26-2)9-13-3-6-15(7-4-13)27-11-18-22-17-8-5-14(21)10-16(17)19(24)23-18/h3-8,10,12,18,22H,9,11H2,1-2H3,(H,23,24). The highest BCUT2D eigenvalue weighted by Gasteiger charge is 2.24. The summed E-state index contributed by atoms with van der Waals surface area (Å²) in [6.45, 7) is 2.10. The van der Waals surface area contributed by atoms with Crippen molar-refractivity contribution in [1.82, 2.24) is 5.32 Å². The second-order valence-corrected chi connectivity index (χ2v) is 6.88. The van der Waals surface area contributed by atoms with E-state index in [4.69, 9.17) is 21.1 Å². The van der Waals surface area contributed by atoms with Gasteiger partial charge in [0.2, 0.25) is 0 Å². The fourth-order valence-corrected chi connectivity index (χ4v) is 3.08. The minimum atomic E-state index is -0.342. The van der Waals surface area contributed by atoms with Gasteiger partial charge >= 0.3 is 5.97 Å². The highest BCUT2D eigenvalue weighted by Crippen LogP contribution is 2.24. The fraction of sp³-hybridized carbons (Fsp3) is 0.300. The molecule has 0 saturated carbocycles. The molecule has 27 heavy (non-hydrogen) atoms. The summed E-state index contributed by atoms with van der Waals surface area (Å²) < 4.78 is 10.5. The summed E-state index contributed by atoms with van der Waals surface area (Å²) in [5, 5.41) is 6.57. The first-order chi connectivity index (χ1) is 13.0. The Labute approximate surface area is 162 Å². The molecule has 0 aromatic heterocycles.